The molecular formula is C19H15ClN4O5S. The van der Waals surface area contributed by atoms with Crippen LogP contribution in [0.15, 0.2) is 52.3 Å². The van der Waals surface area contributed by atoms with Gasteiger partial charge in [-0.05, 0) is 42.3 Å². The molecule has 11 heteroatoms. The lowest BCUT2D eigenvalue weighted by Gasteiger charge is -2.11. The summed E-state index contributed by atoms with van der Waals surface area (Å²) >= 11 is 5.99. The summed E-state index contributed by atoms with van der Waals surface area (Å²) in [5.41, 5.74) is -0.109. The van der Waals surface area contributed by atoms with E-state index in [1.165, 1.54) is 18.2 Å². The average molecular weight is 447 g/mol. The Balaban J connectivity index is 1.97. The maximum atomic E-state index is 13.0. The molecule has 0 bridgehead atoms. The lowest BCUT2D eigenvalue weighted by Crippen LogP contribution is -2.29. The summed E-state index contributed by atoms with van der Waals surface area (Å²) in [6, 6.07) is 8.08. The molecule has 1 N–H and O–H groups in total. The van der Waals surface area contributed by atoms with Crippen molar-refractivity contribution in [1.82, 2.24) is 19.7 Å². The van der Waals surface area contributed by atoms with Crippen LogP contribution in [0.3, 0.4) is 0 Å². The number of benzene rings is 1. The molecule has 0 atom stereocenters. The van der Waals surface area contributed by atoms with Crippen molar-refractivity contribution >= 4 is 43.5 Å². The molecule has 0 saturated heterocycles. The Bertz CT molecular complexity index is 1500. The van der Waals surface area contributed by atoms with E-state index in [4.69, 9.17) is 15.8 Å². The summed E-state index contributed by atoms with van der Waals surface area (Å²) in [5.74, 6) is -0.388. The van der Waals surface area contributed by atoms with Gasteiger partial charge < -0.3 is 9.17 Å². The summed E-state index contributed by atoms with van der Waals surface area (Å²) < 4.78 is 29.5. The second kappa shape index (κ2) is 7.54. The molecule has 0 amide bonds. The lowest BCUT2D eigenvalue weighted by molar-refractivity contribution is 0.461. The van der Waals surface area contributed by atoms with Crippen LogP contribution in [0.1, 0.15) is 5.56 Å². The van der Waals surface area contributed by atoms with Gasteiger partial charge in [0.1, 0.15) is 10.9 Å². The van der Waals surface area contributed by atoms with Crippen LogP contribution >= 0.6 is 11.6 Å². The average Bonchev–Trinajstić information content (AvgIpc) is 2.68. The van der Waals surface area contributed by atoms with Crippen LogP contribution in [0.25, 0.3) is 21.8 Å². The van der Waals surface area contributed by atoms with E-state index in [2.05, 4.69) is 15.1 Å². The molecule has 0 spiro atoms. The Hall–Kier alpha value is -3.24. The number of pyridine rings is 2. The van der Waals surface area contributed by atoms with Crippen molar-refractivity contribution in [1.29, 1.82) is 0 Å². The first-order valence-electron chi connectivity index (χ1n) is 8.78. The van der Waals surface area contributed by atoms with Crippen molar-refractivity contribution in [3.8, 4) is 5.88 Å². The van der Waals surface area contributed by atoms with Crippen molar-refractivity contribution < 1.29 is 12.6 Å². The van der Waals surface area contributed by atoms with Gasteiger partial charge in [0.15, 0.2) is 0 Å². The summed E-state index contributed by atoms with van der Waals surface area (Å²) in [7, 11) is -3.97. The highest BCUT2D eigenvalue weighted by atomic mass is 35.5. The summed E-state index contributed by atoms with van der Waals surface area (Å²) in [6.07, 6.45) is 4.50. The molecule has 1 aromatic carbocycles. The van der Waals surface area contributed by atoms with Gasteiger partial charge in [0.25, 0.3) is 11.4 Å². The predicted molar refractivity (Wildman–Crippen MR) is 113 cm³/mol. The van der Waals surface area contributed by atoms with E-state index in [1.807, 2.05) is 0 Å². The van der Waals surface area contributed by atoms with Crippen LogP contribution in [0.4, 0.5) is 0 Å². The Kier molecular flexibility index (Phi) is 5.04. The van der Waals surface area contributed by atoms with Gasteiger partial charge in [0.05, 0.1) is 11.8 Å². The van der Waals surface area contributed by atoms with E-state index in [9.17, 15) is 18.0 Å². The largest absolute Gasteiger partial charge is 0.358 e. The number of aryl methyl sites for hydroxylation is 2. The fourth-order valence-corrected chi connectivity index (χ4v) is 3.68. The van der Waals surface area contributed by atoms with E-state index < -0.39 is 21.1 Å². The minimum Gasteiger partial charge on any atom is -0.358 e. The fraction of sp³-hybridized carbons (Fsp3) is 0.158. The van der Waals surface area contributed by atoms with Gasteiger partial charge in [0.2, 0.25) is 5.43 Å². The molecule has 0 aliphatic carbocycles. The van der Waals surface area contributed by atoms with Crippen molar-refractivity contribution in [3.63, 3.8) is 0 Å². The van der Waals surface area contributed by atoms with E-state index in [1.54, 1.807) is 24.5 Å². The molecule has 9 nitrogen and oxygen atoms in total. The first-order chi connectivity index (χ1) is 14.2. The summed E-state index contributed by atoms with van der Waals surface area (Å²) in [5, 5.41) is 4.41. The number of H-pyrrole nitrogens is 1. The van der Waals surface area contributed by atoms with Crippen LogP contribution in [-0.4, -0.2) is 34.4 Å². The van der Waals surface area contributed by atoms with Crippen molar-refractivity contribution in [2.45, 2.75) is 13.0 Å². The zero-order valence-corrected chi connectivity index (χ0v) is 17.2. The van der Waals surface area contributed by atoms with Crippen molar-refractivity contribution in [3.05, 3.63) is 73.9 Å². The number of aromatic nitrogens is 4. The molecule has 4 rings (SSSR count). The van der Waals surface area contributed by atoms with Crippen LogP contribution in [0.5, 0.6) is 5.88 Å². The number of nitrogens with zero attached hydrogens (tertiary/aromatic N) is 3. The number of halogens is 1. The first kappa shape index (κ1) is 20.0. The highest BCUT2D eigenvalue weighted by Crippen LogP contribution is 2.22. The minimum absolute atomic E-state index is 0.106. The summed E-state index contributed by atoms with van der Waals surface area (Å²) in [4.78, 5) is 32.9. The normalized spacial score (nSPS) is 11.8. The molecule has 3 heterocycles. The Morgan fingerprint density at radius 2 is 1.90 bits per heavy atom. The third-order valence-electron chi connectivity index (χ3n) is 4.43. The van der Waals surface area contributed by atoms with Gasteiger partial charge in [-0.15, -0.1) is 5.10 Å². The third kappa shape index (κ3) is 3.91. The van der Waals surface area contributed by atoms with Gasteiger partial charge in [-0.25, -0.2) is 4.68 Å². The maximum Gasteiger partial charge on any atom is 0.307 e. The molecule has 0 unspecified atom stereocenters. The van der Waals surface area contributed by atoms with Crippen LogP contribution in [0, 0.1) is 0 Å². The SMILES string of the molecule is CS(=O)(=O)Oc1nn(CCc2ccncc2)c(=O)c2c(=O)c3ccc(Cl)cc3[nH]c12. The van der Waals surface area contributed by atoms with Crippen LogP contribution in [0.2, 0.25) is 5.02 Å². The van der Waals surface area contributed by atoms with Crippen molar-refractivity contribution in [2.75, 3.05) is 6.26 Å². The maximum absolute atomic E-state index is 13.0. The van der Waals surface area contributed by atoms with Crippen LogP contribution < -0.4 is 15.2 Å². The first-order valence-corrected chi connectivity index (χ1v) is 11.0. The molecule has 0 fully saturated rings. The van der Waals surface area contributed by atoms with Gasteiger partial charge in [-0.2, -0.15) is 8.42 Å². The van der Waals surface area contributed by atoms with Gasteiger partial charge >= 0.3 is 10.1 Å². The molecule has 4 aromatic rings. The zero-order valence-electron chi connectivity index (χ0n) is 15.6. The smallest absolute Gasteiger partial charge is 0.307 e. The zero-order chi connectivity index (χ0) is 21.5. The molecule has 0 radical (unpaired) electrons. The summed E-state index contributed by atoms with van der Waals surface area (Å²) in [6.45, 7) is 0.108. The van der Waals surface area contributed by atoms with E-state index in [0.29, 0.717) is 17.0 Å². The minimum atomic E-state index is -3.97. The Labute approximate surface area is 175 Å². The number of nitrogens with one attached hydrogen (secondary N) is 1. The number of rotatable bonds is 5. The van der Waals surface area contributed by atoms with E-state index in [-0.39, 0.29) is 28.7 Å². The second-order valence-electron chi connectivity index (χ2n) is 6.62. The fourth-order valence-electron chi connectivity index (χ4n) is 3.10. The highest BCUT2D eigenvalue weighted by molar-refractivity contribution is 7.86. The predicted octanol–water partition coefficient (Wildman–Crippen LogP) is 1.87. The number of fused-ring (bicyclic) bond motifs is 2. The lowest BCUT2D eigenvalue weighted by atomic mass is 10.1. The van der Waals surface area contributed by atoms with Gasteiger partial charge in [0, 0.05) is 29.3 Å². The standard InChI is InChI=1S/C19H15ClN4O5S/c1-30(27,28)29-18-16-15(17(25)13-3-2-12(20)10-14(13)22-16)19(26)24(23-18)9-6-11-4-7-21-8-5-11/h2-5,7-8,10H,6,9H2,1H3,(H,22,25). The van der Waals surface area contributed by atoms with Crippen LogP contribution in [-0.2, 0) is 23.1 Å². The number of aromatic amines is 1. The van der Waals surface area contributed by atoms with Gasteiger partial charge in [-0.3, -0.25) is 14.6 Å². The van der Waals surface area contributed by atoms with Crippen molar-refractivity contribution in [2.24, 2.45) is 0 Å². The second-order valence-corrected chi connectivity index (χ2v) is 8.63. The van der Waals surface area contributed by atoms with Gasteiger partial charge in [-0.1, -0.05) is 11.6 Å². The van der Waals surface area contributed by atoms with E-state index in [0.717, 1.165) is 16.5 Å². The molecule has 0 saturated carbocycles. The Morgan fingerprint density at radius 1 is 1.17 bits per heavy atom. The molecule has 0 aliphatic rings. The molecule has 30 heavy (non-hydrogen) atoms. The molecular weight excluding hydrogens is 432 g/mol. The van der Waals surface area contributed by atoms with E-state index >= 15 is 0 Å². The number of hydrogen-bond donors (Lipinski definition) is 1. The third-order valence-corrected chi connectivity index (χ3v) is 5.12. The Morgan fingerprint density at radius 3 is 2.60 bits per heavy atom. The highest BCUT2D eigenvalue weighted by Gasteiger charge is 2.20. The molecule has 3 aromatic heterocycles. The monoisotopic (exact) mass is 446 g/mol. The molecule has 154 valence electrons. The quantitative estimate of drug-likeness (QED) is 0.366. The molecule has 0 aliphatic heterocycles. The number of hydrogen-bond acceptors (Lipinski definition) is 7. The topological polar surface area (TPSA) is 124 Å².